The van der Waals surface area contributed by atoms with Gasteiger partial charge in [0.15, 0.2) is 0 Å². The summed E-state index contributed by atoms with van der Waals surface area (Å²) in [6.07, 6.45) is 0. The van der Waals surface area contributed by atoms with Crippen LogP contribution in [0.3, 0.4) is 0 Å². The van der Waals surface area contributed by atoms with E-state index in [-0.39, 0.29) is 0 Å². The Kier molecular flexibility index (Phi) is 3.99. The predicted octanol–water partition coefficient (Wildman–Crippen LogP) is 4.28. The first-order valence-electron chi connectivity index (χ1n) is 4.99. The maximum Gasteiger partial charge on any atom is 0.123 e. The fraction of sp³-hybridized carbons (Fsp3) is 0.500. The summed E-state index contributed by atoms with van der Waals surface area (Å²) in [6.45, 7) is 9.17. The van der Waals surface area contributed by atoms with Crippen LogP contribution in [0.1, 0.15) is 37.8 Å². The highest BCUT2D eigenvalue weighted by atomic mass is 79.9. The first-order chi connectivity index (χ1) is 6.56. The topological polar surface area (TPSA) is 9.23 Å². The first kappa shape index (κ1) is 11.6. The highest BCUT2D eigenvalue weighted by Crippen LogP contribution is 2.31. The van der Waals surface area contributed by atoms with E-state index >= 15 is 0 Å². The quantitative estimate of drug-likeness (QED) is 0.785. The molecule has 0 amide bonds. The Hall–Kier alpha value is -0.500. The van der Waals surface area contributed by atoms with Crippen LogP contribution in [0.2, 0.25) is 0 Å². The average molecular weight is 257 g/mol. The molecule has 0 spiro atoms. The lowest BCUT2D eigenvalue weighted by Gasteiger charge is -2.13. The van der Waals surface area contributed by atoms with E-state index in [9.17, 15) is 0 Å². The van der Waals surface area contributed by atoms with Crippen molar-refractivity contribution in [2.45, 2.75) is 33.6 Å². The second-order valence-electron chi connectivity index (χ2n) is 3.71. The number of hydrogen-bond donors (Lipinski definition) is 0. The Balaban J connectivity index is 3.14. The van der Waals surface area contributed by atoms with Crippen LogP contribution in [0.4, 0.5) is 0 Å². The van der Waals surface area contributed by atoms with Gasteiger partial charge in [-0.25, -0.2) is 0 Å². The summed E-state index contributed by atoms with van der Waals surface area (Å²) < 4.78 is 6.71. The molecule has 2 heteroatoms. The number of ether oxygens (including phenoxy) is 1. The van der Waals surface area contributed by atoms with Gasteiger partial charge in [-0.2, -0.15) is 0 Å². The van der Waals surface area contributed by atoms with Gasteiger partial charge in [0.1, 0.15) is 5.75 Å². The largest absolute Gasteiger partial charge is 0.494 e. The number of rotatable bonds is 3. The molecule has 0 saturated heterocycles. The zero-order valence-corrected chi connectivity index (χ0v) is 10.8. The molecule has 1 aromatic carbocycles. The molecule has 78 valence electrons. The molecule has 0 aromatic heterocycles. The minimum absolute atomic E-state index is 0.533. The van der Waals surface area contributed by atoms with Gasteiger partial charge >= 0.3 is 0 Å². The predicted molar refractivity (Wildman–Crippen MR) is 64.1 cm³/mol. The molecule has 14 heavy (non-hydrogen) atoms. The Labute approximate surface area is 94.6 Å². The molecular weight excluding hydrogens is 240 g/mol. The van der Waals surface area contributed by atoms with Gasteiger partial charge in [-0.3, -0.25) is 0 Å². The van der Waals surface area contributed by atoms with Gasteiger partial charge in [0.25, 0.3) is 0 Å². The van der Waals surface area contributed by atoms with Crippen molar-refractivity contribution in [2.75, 3.05) is 6.61 Å². The third kappa shape index (κ3) is 2.50. The molecule has 0 N–H and O–H groups in total. The standard InChI is InChI=1S/C12H17BrO/c1-5-14-12-7-10(8(2)3)6-11(13)9(12)4/h6-8H,5H2,1-4H3. The van der Waals surface area contributed by atoms with E-state index < -0.39 is 0 Å². The zero-order chi connectivity index (χ0) is 10.7. The third-order valence-electron chi connectivity index (χ3n) is 2.29. The van der Waals surface area contributed by atoms with Crippen molar-refractivity contribution < 1.29 is 4.74 Å². The van der Waals surface area contributed by atoms with Crippen molar-refractivity contribution in [3.8, 4) is 5.75 Å². The van der Waals surface area contributed by atoms with Crippen molar-refractivity contribution in [1.29, 1.82) is 0 Å². The smallest absolute Gasteiger partial charge is 0.123 e. The van der Waals surface area contributed by atoms with E-state index in [0.717, 1.165) is 16.8 Å². The van der Waals surface area contributed by atoms with Gasteiger partial charge < -0.3 is 4.74 Å². The SMILES string of the molecule is CCOc1cc(C(C)C)cc(Br)c1C. The molecule has 1 aromatic rings. The van der Waals surface area contributed by atoms with Crippen LogP contribution >= 0.6 is 15.9 Å². The van der Waals surface area contributed by atoms with Gasteiger partial charge in [-0.1, -0.05) is 29.8 Å². The monoisotopic (exact) mass is 256 g/mol. The van der Waals surface area contributed by atoms with Gasteiger partial charge in [0.05, 0.1) is 6.61 Å². The molecule has 0 aliphatic heterocycles. The summed E-state index contributed by atoms with van der Waals surface area (Å²) >= 11 is 3.56. The normalized spacial score (nSPS) is 10.7. The van der Waals surface area contributed by atoms with Crippen molar-refractivity contribution >= 4 is 15.9 Å². The molecule has 1 rings (SSSR count). The Bertz CT molecular complexity index is 318. The van der Waals surface area contributed by atoms with E-state index in [0.29, 0.717) is 5.92 Å². The molecule has 0 saturated carbocycles. The summed E-state index contributed by atoms with van der Waals surface area (Å²) in [5.74, 6) is 1.52. The molecule has 0 heterocycles. The summed E-state index contributed by atoms with van der Waals surface area (Å²) in [5, 5.41) is 0. The van der Waals surface area contributed by atoms with Crippen LogP contribution in [0.5, 0.6) is 5.75 Å². The molecule has 1 nitrogen and oxygen atoms in total. The van der Waals surface area contributed by atoms with E-state index in [1.807, 2.05) is 6.92 Å². The second kappa shape index (κ2) is 4.83. The molecule has 0 unspecified atom stereocenters. The summed E-state index contributed by atoms with van der Waals surface area (Å²) in [5.41, 5.74) is 2.49. The number of benzene rings is 1. The molecule has 0 aliphatic carbocycles. The van der Waals surface area contributed by atoms with Gasteiger partial charge in [0, 0.05) is 10.0 Å². The van der Waals surface area contributed by atoms with E-state index in [1.165, 1.54) is 11.1 Å². The van der Waals surface area contributed by atoms with Crippen LogP contribution in [0.15, 0.2) is 16.6 Å². The summed E-state index contributed by atoms with van der Waals surface area (Å²) in [7, 11) is 0. The third-order valence-corrected chi connectivity index (χ3v) is 3.11. The Morgan fingerprint density at radius 2 is 2.00 bits per heavy atom. The maximum atomic E-state index is 5.58. The molecule has 0 fully saturated rings. The van der Waals surface area contributed by atoms with Crippen molar-refractivity contribution in [3.05, 3.63) is 27.7 Å². The van der Waals surface area contributed by atoms with Crippen LogP contribution in [0.25, 0.3) is 0 Å². The summed E-state index contributed by atoms with van der Waals surface area (Å²) in [4.78, 5) is 0. The highest BCUT2D eigenvalue weighted by molar-refractivity contribution is 9.10. The average Bonchev–Trinajstić information content (AvgIpc) is 2.12. The van der Waals surface area contributed by atoms with Gasteiger partial charge in [-0.15, -0.1) is 0 Å². The van der Waals surface area contributed by atoms with E-state index in [2.05, 4.69) is 48.8 Å². The van der Waals surface area contributed by atoms with Crippen molar-refractivity contribution in [2.24, 2.45) is 0 Å². The number of halogens is 1. The summed E-state index contributed by atoms with van der Waals surface area (Å²) in [6, 6.07) is 4.30. The van der Waals surface area contributed by atoms with Gasteiger partial charge in [0.2, 0.25) is 0 Å². The van der Waals surface area contributed by atoms with Crippen LogP contribution in [-0.4, -0.2) is 6.61 Å². The highest BCUT2D eigenvalue weighted by Gasteiger charge is 2.08. The van der Waals surface area contributed by atoms with Crippen molar-refractivity contribution in [3.63, 3.8) is 0 Å². The molecular formula is C12H17BrO. The van der Waals surface area contributed by atoms with Gasteiger partial charge in [-0.05, 0) is 37.5 Å². The van der Waals surface area contributed by atoms with Crippen molar-refractivity contribution in [1.82, 2.24) is 0 Å². The Morgan fingerprint density at radius 1 is 1.36 bits per heavy atom. The minimum atomic E-state index is 0.533. The second-order valence-corrected chi connectivity index (χ2v) is 4.57. The number of hydrogen-bond acceptors (Lipinski definition) is 1. The maximum absolute atomic E-state index is 5.58. The van der Waals surface area contributed by atoms with E-state index in [1.54, 1.807) is 0 Å². The molecule has 0 radical (unpaired) electrons. The lowest BCUT2D eigenvalue weighted by atomic mass is 10.0. The molecule has 0 aliphatic rings. The van der Waals surface area contributed by atoms with E-state index in [4.69, 9.17) is 4.74 Å². The lowest BCUT2D eigenvalue weighted by Crippen LogP contribution is -1.97. The van der Waals surface area contributed by atoms with Crippen LogP contribution in [0, 0.1) is 6.92 Å². The molecule has 0 bridgehead atoms. The fourth-order valence-corrected chi connectivity index (χ4v) is 1.77. The lowest BCUT2D eigenvalue weighted by molar-refractivity contribution is 0.337. The molecule has 0 atom stereocenters. The Morgan fingerprint density at radius 3 is 2.50 bits per heavy atom. The zero-order valence-electron chi connectivity index (χ0n) is 9.23. The van der Waals surface area contributed by atoms with Crippen LogP contribution < -0.4 is 4.74 Å². The fourth-order valence-electron chi connectivity index (χ4n) is 1.31. The first-order valence-corrected chi connectivity index (χ1v) is 5.78. The minimum Gasteiger partial charge on any atom is -0.494 e. The van der Waals surface area contributed by atoms with Crippen LogP contribution in [-0.2, 0) is 0 Å².